The lowest BCUT2D eigenvalue weighted by Gasteiger charge is -2.13. The average molecular weight is 314 g/mol. The minimum atomic E-state index is -3.92. The van der Waals surface area contributed by atoms with Gasteiger partial charge in [0.25, 0.3) is 0 Å². The molecular formula is C13H15FN2O2S2. The van der Waals surface area contributed by atoms with Crippen molar-refractivity contribution in [3.63, 3.8) is 0 Å². The zero-order valence-electron chi connectivity index (χ0n) is 11.1. The number of anilines is 1. The molecule has 1 unspecified atom stereocenters. The summed E-state index contributed by atoms with van der Waals surface area (Å²) in [4.78, 5) is 1.57. The number of rotatable bonds is 4. The standard InChI is InChI=1S/C13H15FN2O2S2/c1-8-3-5-12(19-8)9(2)16-20(17,18)13-6-4-10(15)7-11(13)14/h3-7,9,16H,15H2,1-2H3. The molecular weight excluding hydrogens is 299 g/mol. The van der Waals surface area contributed by atoms with Gasteiger partial charge in [0.15, 0.2) is 0 Å². The molecule has 0 bridgehead atoms. The van der Waals surface area contributed by atoms with Gasteiger partial charge in [0.2, 0.25) is 10.0 Å². The van der Waals surface area contributed by atoms with Crippen LogP contribution in [0.3, 0.4) is 0 Å². The van der Waals surface area contributed by atoms with Gasteiger partial charge < -0.3 is 5.73 Å². The molecule has 0 aliphatic carbocycles. The highest BCUT2D eigenvalue weighted by Crippen LogP contribution is 2.25. The minimum Gasteiger partial charge on any atom is -0.399 e. The Morgan fingerprint density at radius 1 is 1.30 bits per heavy atom. The number of nitrogens with one attached hydrogen (secondary N) is 1. The van der Waals surface area contributed by atoms with E-state index >= 15 is 0 Å². The van der Waals surface area contributed by atoms with Crippen molar-refractivity contribution in [2.24, 2.45) is 0 Å². The summed E-state index contributed by atoms with van der Waals surface area (Å²) >= 11 is 1.50. The summed E-state index contributed by atoms with van der Waals surface area (Å²) in [7, 11) is -3.92. The molecule has 0 saturated carbocycles. The van der Waals surface area contributed by atoms with Gasteiger partial charge in [-0.25, -0.2) is 17.5 Å². The molecule has 0 spiro atoms. The Labute approximate surface area is 121 Å². The summed E-state index contributed by atoms with van der Waals surface area (Å²) in [6.45, 7) is 3.66. The first-order chi connectivity index (χ1) is 9.29. The molecule has 0 aliphatic heterocycles. The van der Waals surface area contributed by atoms with Crippen molar-refractivity contribution in [1.29, 1.82) is 0 Å². The maximum absolute atomic E-state index is 13.7. The van der Waals surface area contributed by atoms with Crippen LogP contribution in [0.25, 0.3) is 0 Å². The molecule has 2 rings (SSSR count). The summed E-state index contributed by atoms with van der Waals surface area (Å²) in [5.74, 6) is -0.855. The van der Waals surface area contributed by atoms with E-state index in [2.05, 4.69) is 4.72 Å². The van der Waals surface area contributed by atoms with Crippen molar-refractivity contribution >= 4 is 27.0 Å². The van der Waals surface area contributed by atoms with Gasteiger partial charge in [-0.2, -0.15) is 0 Å². The van der Waals surface area contributed by atoms with Gasteiger partial charge in [0, 0.05) is 15.4 Å². The number of nitrogens with two attached hydrogens (primary N) is 1. The number of nitrogen functional groups attached to an aromatic ring is 1. The van der Waals surface area contributed by atoms with E-state index in [9.17, 15) is 12.8 Å². The molecule has 0 aliphatic rings. The van der Waals surface area contributed by atoms with Crippen LogP contribution in [-0.2, 0) is 10.0 Å². The van der Waals surface area contributed by atoms with Crippen molar-refractivity contribution in [3.8, 4) is 0 Å². The van der Waals surface area contributed by atoms with Crippen LogP contribution in [0.15, 0.2) is 35.2 Å². The summed E-state index contributed by atoms with van der Waals surface area (Å²) in [6, 6.07) is 6.86. The maximum Gasteiger partial charge on any atom is 0.244 e. The van der Waals surface area contributed by atoms with Crippen molar-refractivity contribution in [1.82, 2.24) is 4.72 Å². The Balaban J connectivity index is 2.27. The zero-order chi connectivity index (χ0) is 14.9. The van der Waals surface area contributed by atoms with Crippen LogP contribution in [0.4, 0.5) is 10.1 Å². The van der Waals surface area contributed by atoms with E-state index in [0.29, 0.717) is 0 Å². The van der Waals surface area contributed by atoms with E-state index in [-0.39, 0.29) is 5.69 Å². The molecule has 4 nitrogen and oxygen atoms in total. The molecule has 0 amide bonds. The number of aryl methyl sites for hydroxylation is 1. The highest BCUT2D eigenvalue weighted by Gasteiger charge is 2.22. The first-order valence-electron chi connectivity index (χ1n) is 5.93. The van der Waals surface area contributed by atoms with Crippen molar-refractivity contribution < 1.29 is 12.8 Å². The molecule has 20 heavy (non-hydrogen) atoms. The fourth-order valence-corrected chi connectivity index (χ4v) is 4.01. The van der Waals surface area contributed by atoms with Crippen LogP contribution < -0.4 is 10.5 Å². The highest BCUT2D eigenvalue weighted by atomic mass is 32.2. The van der Waals surface area contributed by atoms with Gasteiger partial charge >= 0.3 is 0 Å². The van der Waals surface area contributed by atoms with Crippen LogP contribution in [0.2, 0.25) is 0 Å². The molecule has 2 aromatic rings. The predicted octanol–water partition coefficient (Wildman–Crippen LogP) is 2.82. The van der Waals surface area contributed by atoms with Crippen molar-refractivity contribution in [3.05, 3.63) is 45.9 Å². The monoisotopic (exact) mass is 314 g/mol. The SMILES string of the molecule is Cc1ccc(C(C)NS(=O)(=O)c2ccc(N)cc2F)s1. The summed E-state index contributed by atoms with van der Waals surface area (Å²) < 4.78 is 40.5. The topological polar surface area (TPSA) is 72.2 Å². The molecule has 0 fully saturated rings. The molecule has 108 valence electrons. The van der Waals surface area contributed by atoms with Gasteiger partial charge in [0.1, 0.15) is 10.7 Å². The van der Waals surface area contributed by atoms with Crippen LogP contribution in [-0.4, -0.2) is 8.42 Å². The van der Waals surface area contributed by atoms with Gasteiger partial charge in [-0.15, -0.1) is 11.3 Å². The van der Waals surface area contributed by atoms with Gasteiger partial charge in [-0.3, -0.25) is 0 Å². The van der Waals surface area contributed by atoms with Crippen LogP contribution in [0.5, 0.6) is 0 Å². The van der Waals surface area contributed by atoms with Gasteiger partial charge in [-0.1, -0.05) is 0 Å². The molecule has 1 aromatic carbocycles. The quantitative estimate of drug-likeness (QED) is 0.852. The number of hydrogen-bond donors (Lipinski definition) is 2. The fraction of sp³-hybridized carbons (Fsp3) is 0.231. The fourth-order valence-electron chi connectivity index (χ4n) is 1.78. The van der Waals surface area contributed by atoms with E-state index < -0.39 is 26.8 Å². The van der Waals surface area contributed by atoms with Crippen LogP contribution in [0.1, 0.15) is 22.7 Å². The Kier molecular flexibility index (Phi) is 4.12. The van der Waals surface area contributed by atoms with Gasteiger partial charge in [-0.05, 0) is 44.2 Å². The third kappa shape index (κ3) is 3.17. The Hall–Kier alpha value is -1.44. The largest absolute Gasteiger partial charge is 0.399 e. The van der Waals surface area contributed by atoms with E-state index in [4.69, 9.17) is 5.73 Å². The smallest absolute Gasteiger partial charge is 0.244 e. The number of thiophene rings is 1. The molecule has 3 N–H and O–H groups in total. The van der Waals surface area contributed by atoms with Crippen LogP contribution in [0, 0.1) is 12.7 Å². The van der Waals surface area contributed by atoms with E-state index in [1.165, 1.54) is 23.5 Å². The molecule has 1 aromatic heterocycles. The molecule has 0 saturated heterocycles. The zero-order valence-corrected chi connectivity index (χ0v) is 12.7. The third-order valence-electron chi connectivity index (χ3n) is 2.77. The van der Waals surface area contributed by atoms with E-state index in [0.717, 1.165) is 15.8 Å². The molecule has 7 heteroatoms. The second-order valence-electron chi connectivity index (χ2n) is 4.48. The van der Waals surface area contributed by atoms with Crippen molar-refractivity contribution in [2.75, 3.05) is 5.73 Å². The Morgan fingerprint density at radius 2 is 2.00 bits per heavy atom. The third-order valence-corrected chi connectivity index (χ3v) is 5.52. The number of halogens is 1. The number of hydrogen-bond acceptors (Lipinski definition) is 4. The lowest BCUT2D eigenvalue weighted by Crippen LogP contribution is -2.27. The second-order valence-corrected chi connectivity index (χ2v) is 7.48. The first-order valence-corrected chi connectivity index (χ1v) is 8.23. The summed E-state index contributed by atoms with van der Waals surface area (Å²) in [5, 5.41) is 0. The molecule has 1 heterocycles. The normalized spacial score (nSPS) is 13.3. The van der Waals surface area contributed by atoms with Crippen LogP contribution >= 0.6 is 11.3 Å². The Morgan fingerprint density at radius 3 is 2.55 bits per heavy atom. The van der Waals surface area contributed by atoms with E-state index in [1.54, 1.807) is 6.92 Å². The lowest BCUT2D eigenvalue weighted by atomic mass is 10.3. The van der Waals surface area contributed by atoms with Gasteiger partial charge in [0.05, 0.1) is 6.04 Å². The first kappa shape index (κ1) is 15.0. The predicted molar refractivity (Wildman–Crippen MR) is 78.6 cm³/mol. The lowest BCUT2D eigenvalue weighted by molar-refractivity contribution is 0.548. The minimum absolute atomic E-state index is 0.184. The number of sulfonamides is 1. The number of benzene rings is 1. The summed E-state index contributed by atoms with van der Waals surface area (Å²) in [5.41, 5.74) is 5.60. The average Bonchev–Trinajstić information content (AvgIpc) is 2.74. The van der Waals surface area contributed by atoms with Crippen molar-refractivity contribution in [2.45, 2.75) is 24.8 Å². The summed E-state index contributed by atoms with van der Waals surface area (Å²) in [6.07, 6.45) is 0. The highest BCUT2D eigenvalue weighted by molar-refractivity contribution is 7.89. The Bertz CT molecular complexity index is 726. The molecule has 1 atom stereocenters. The molecule has 0 radical (unpaired) electrons. The maximum atomic E-state index is 13.7. The van der Waals surface area contributed by atoms with E-state index in [1.807, 2.05) is 19.1 Å². The second kappa shape index (κ2) is 5.51.